The van der Waals surface area contributed by atoms with Crippen molar-refractivity contribution in [3.63, 3.8) is 0 Å². The molecule has 35 heavy (non-hydrogen) atoms. The Kier molecular flexibility index (Phi) is 9.09. The summed E-state index contributed by atoms with van der Waals surface area (Å²) >= 11 is 4.08. The summed E-state index contributed by atoms with van der Waals surface area (Å²) in [4.78, 5) is 21.0. The highest BCUT2D eigenvalue weighted by atomic mass is 32.1. The quantitative estimate of drug-likeness (QED) is 0.154. The summed E-state index contributed by atoms with van der Waals surface area (Å²) in [6.07, 6.45) is 1.20. The van der Waals surface area contributed by atoms with Gasteiger partial charge in [-0.2, -0.15) is 0 Å². The first-order valence-corrected chi connectivity index (χ1v) is 11.6. The summed E-state index contributed by atoms with van der Waals surface area (Å²) in [5, 5.41) is 0. The second-order valence-electron chi connectivity index (χ2n) is 7.96. The van der Waals surface area contributed by atoms with E-state index in [4.69, 9.17) is 11.5 Å². The molecule has 0 radical (unpaired) electrons. The van der Waals surface area contributed by atoms with Crippen molar-refractivity contribution < 1.29 is 4.79 Å². The number of anilines is 1. The average molecular weight is 483 g/mol. The highest BCUT2D eigenvalue weighted by molar-refractivity contribution is 7.80. The molecule has 0 aromatic heterocycles. The Labute approximate surface area is 212 Å². The fourth-order valence-electron chi connectivity index (χ4n) is 3.76. The zero-order valence-corrected chi connectivity index (χ0v) is 20.6. The molecule has 0 saturated heterocycles. The number of rotatable bonds is 6. The molecule has 0 saturated carbocycles. The zero-order valence-electron chi connectivity index (χ0n) is 19.7. The number of thiol groups is 1. The number of hydrogen-bond acceptors (Lipinski definition) is 4. The van der Waals surface area contributed by atoms with Gasteiger partial charge < -0.3 is 16.4 Å². The van der Waals surface area contributed by atoms with Crippen molar-refractivity contribution in [2.75, 3.05) is 12.8 Å². The van der Waals surface area contributed by atoms with E-state index in [0.29, 0.717) is 12.2 Å². The van der Waals surface area contributed by atoms with Gasteiger partial charge in [0.2, 0.25) is 0 Å². The Balaban J connectivity index is 0.000000420. The number of carbonyl (C=O) groups excluding carboxylic acids is 1. The molecule has 4 rings (SSSR count). The molecule has 178 valence electrons. The van der Waals surface area contributed by atoms with Crippen LogP contribution in [0.3, 0.4) is 0 Å². The fourth-order valence-corrected chi connectivity index (χ4v) is 3.93. The van der Waals surface area contributed by atoms with Gasteiger partial charge in [-0.25, -0.2) is 4.99 Å². The molecule has 0 bridgehead atoms. The summed E-state index contributed by atoms with van der Waals surface area (Å²) < 4.78 is 0. The maximum absolute atomic E-state index is 13.8. The number of benzene rings is 4. The van der Waals surface area contributed by atoms with Crippen molar-refractivity contribution in [2.45, 2.75) is 17.0 Å². The van der Waals surface area contributed by atoms with Gasteiger partial charge in [0.1, 0.15) is 0 Å². The Hall–Kier alpha value is -4.03. The molecule has 0 aliphatic heterocycles. The summed E-state index contributed by atoms with van der Waals surface area (Å²) in [6.45, 7) is 0.431. The van der Waals surface area contributed by atoms with Gasteiger partial charge in [0.05, 0.1) is 6.34 Å². The molecule has 0 heterocycles. The van der Waals surface area contributed by atoms with E-state index in [-0.39, 0.29) is 5.91 Å². The van der Waals surface area contributed by atoms with Crippen molar-refractivity contribution >= 4 is 30.6 Å². The third-order valence-electron chi connectivity index (χ3n) is 5.46. The summed E-state index contributed by atoms with van der Waals surface area (Å²) in [5.74, 6) is -0.163. The Morgan fingerprint density at radius 3 is 1.69 bits per heavy atom. The van der Waals surface area contributed by atoms with Crippen LogP contribution < -0.4 is 11.5 Å². The van der Waals surface area contributed by atoms with Crippen molar-refractivity contribution in [3.8, 4) is 0 Å². The standard InChI is InChI=1S/C23H24N4O.C6H6S/c1-27(16-18-12-14-21(25)15-13-18)22(28)23(26-17-24,19-8-4-2-5-9-19)20-10-6-3-7-11-20;7-6-4-2-1-3-5-6/h2-15,17H,16,25H2,1H3,(H2,24,26);1-5,7H. The number of nitrogen functional groups attached to an aromatic ring is 1. The van der Waals surface area contributed by atoms with E-state index in [2.05, 4.69) is 17.6 Å². The third kappa shape index (κ3) is 6.52. The van der Waals surface area contributed by atoms with Crippen LogP contribution in [0.4, 0.5) is 5.69 Å². The molecule has 5 nitrogen and oxygen atoms in total. The smallest absolute Gasteiger partial charge is 0.259 e. The van der Waals surface area contributed by atoms with E-state index in [1.165, 1.54) is 6.34 Å². The molecule has 0 aliphatic rings. The summed E-state index contributed by atoms with van der Waals surface area (Å²) in [6, 6.07) is 36.3. The molecule has 0 spiro atoms. The van der Waals surface area contributed by atoms with E-state index in [9.17, 15) is 4.79 Å². The number of nitrogens with two attached hydrogens (primary N) is 2. The van der Waals surface area contributed by atoms with Gasteiger partial charge in [0.15, 0.2) is 5.54 Å². The molecule has 0 unspecified atom stereocenters. The van der Waals surface area contributed by atoms with Gasteiger partial charge in [-0.3, -0.25) is 4.79 Å². The molecule has 0 fully saturated rings. The van der Waals surface area contributed by atoms with E-state index in [0.717, 1.165) is 21.6 Å². The minimum atomic E-state index is -1.25. The van der Waals surface area contributed by atoms with Crippen LogP contribution in [0, 0.1) is 0 Å². The first-order valence-electron chi connectivity index (χ1n) is 11.2. The fraction of sp³-hybridized carbons (Fsp3) is 0.103. The molecule has 0 aliphatic carbocycles. The first kappa shape index (κ1) is 25.6. The molecule has 4 N–H and O–H groups in total. The zero-order chi connectivity index (χ0) is 25.1. The number of aliphatic imine (C=N–C) groups is 1. The Morgan fingerprint density at radius 1 is 0.829 bits per heavy atom. The SMILES string of the molecule is CN(Cc1ccc(N)cc1)C(=O)C(N=CN)(c1ccccc1)c1ccccc1.Sc1ccccc1. The molecule has 6 heteroatoms. The number of nitrogens with zero attached hydrogens (tertiary/aromatic N) is 2. The molecular weight excluding hydrogens is 452 g/mol. The van der Waals surface area contributed by atoms with E-state index in [1.54, 1.807) is 11.9 Å². The van der Waals surface area contributed by atoms with Gasteiger partial charge >= 0.3 is 0 Å². The number of carbonyl (C=O) groups is 1. The molecule has 0 atom stereocenters. The lowest BCUT2D eigenvalue weighted by Crippen LogP contribution is -2.45. The predicted octanol–water partition coefficient (Wildman–Crippen LogP) is 5.13. The molecule has 1 amide bonds. The van der Waals surface area contributed by atoms with Gasteiger partial charge in [-0.15, -0.1) is 12.6 Å². The molecular formula is C29H30N4OS. The maximum Gasteiger partial charge on any atom is 0.259 e. The normalized spacial score (nSPS) is 10.9. The first-order chi connectivity index (χ1) is 17.0. The van der Waals surface area contributed by atoms with Crippen LogP contribution in [0.1, 0.15) is 16.7 Å². The van der Waals surface area contributed by atoms with E-state index >= 15 is 0 Å². The van der Waals surface area contributed by atoms with Crippen molar-refractivity contribution in [1.29, 1.82) is 0 Å². The van der Waals surface area contributed by atoms with Crippen LogP contribution in [-0.4, -0.2) is 24.2 Å². The maximum atomic E-state index is 13.8. The van der Waals surface area contributed by atoms with Gasteiger partial charge in [-0.05, 0) is 41.0 Å². The van der Waals surface area contributed by atoms with Crippen molar-refractivity contribution in [3.05, 3.63) is 132 Å². The van der Waals surface area contributed by atoms with Crippen molar-refractivity contribution in [1.82, 2.24) is 4.90 Å². The predicted molar refractivity (Wildman–Crippen MR) is 147 cm³/mol. The second kappa shape index (κ2) is 12.4. The van der Waals surface area contributed by atoms with Crippen molar-refractivity contribution in [2.24, 2.45) is 10.7 Å². The van der Waals surface area contributed by atoms with E-state index < -0.39 is 5.54 Å². The number of amides is 1. The average Bonchev–Trinajstić information content (AvgIpc) is 2.90. The van der Waals surface area contributed by atoms with Crippen LogP contribution >= 0.6 is 12.6 Å². The second-order valence-corrected chi connectivity index (χ2v) is 8.48. The Bertz CT molecular complexity index is 1170. The lowest BCUT2D eigenvalue weighted by molar-refractivity contribution is -0.134. The minimum absolute atomic E-state index is 0.163. The van der Waals surface area contributed by atoms with Crippen LogP contribution in [0.25, 0.3) is 0 Å². The van der Waals surface area contributed by atoms with Gasteiger partial charge in [0.25, 0.3) is 5.91 Å². The lowest BCUT2D eigenvalue weighted by atomic mass is 9.82. The van der Waals surface area contributed by atoms with Crippen LogP contribution in [0.15, 0.2) is 125 Å². The van der Waals surface area contributed by atoms with Crippen LogP contribution in [0.5, 0.6) is 0 Å². The Morgan fingerprint density at radius 2 is 1.29 bits per heavy atom. The lowest BCUT2D eigenvalue weighted by Gasteiger charge is -2.33. The van der Waals surface area contributed by atoms with Crippen LogP contribution in [-0.2, 0) is 16.9 Å². The summed E-state index contributed by atoms with van der Waals surface area (Å²) in [7, 11) is 1.77. The van der Waals surface area contributed by atoms with E-state index in [1.807, 2.05) is 115 Å². The monoisotopic (exact) mass is 482 g/mol. The largest absolute Gasteiger partial charge is 0.399 e. The topological polar surface area (TPSA) is 84.7 Å². The molecule has 4 aromatic carbocycles. The molecule has 4 aromatic rings. The van der Waals surface area contributed by atoms with Gasteiger partial charge in [0, 0.05) is 24.2 Å². The van der Waals surface area contributed by atoms with Crippen LogP contribution in [0.2, 0.25) is 0 Å². The highest BCUT2D eigenvalue weighted by Gasteiger charge is 2.43. The number of hydrogen-bond donors (Lipinski definition) is 3. The third-order valence-corrected chi connectivity index (χ3v) is 5.76. The minimum Gasteiger partial charge on any atom is -0.399 e. The summed E-state index contributed by atoms with van der Waals surface area (Å²) in [5.41, 5.74) is 13.4. The van der Waals surface area contributed by atoms with Gasteiger partial charge in [-0.1, -0.05) is 91.0 Å². The number of likely N-dealkylation sites (N-methyl/N-ethyl adjacent to an activating group) is 1. The highest BCUT2D eigenvalue weighted by Crippen LogP contribution is 2.36.